The average molecular weight is 565 g/mol. The molecule has 7 nitrogen and oxygen atoms in total. The highest BCUT2D eigenvalue weighted by molar-refractivity contribution is 6.31. The van der Waals surface area contributed by atoms with Crippen LogP contribution in [0.5, 0.6) is 5.88 Å². The van der Waals surface area contributed by atoms with Gasteiger partial charge in [0.25, 0.3) is 5.91 Å². The van der Waals surface area contributed by atoms with Crippen LogP contribution in [0.1, 0.15) is 22.8 Å². The third-order valence-corrected chi connectivity index (χ3v) is 6.72. The smallest absolute Gasteiger partial charge is 0.309 e. The van der Waals surface area contributed by atoms with Crippen LogP contribution < -0.4 is 15.0 Å². The maximum absolute atomic E-state index is 12.8. The van der Waals surface area contributed by atoms with E-state index in [0.29, 0.717) is 33.4 Å². The highest BCUT2D eigenvalue weighted by Crippen LogP contribution is 2.42. The minimum absolute atomic E-state index is 0.269. The second-order valence-electron chi connectivity index (χ2n) is 9.86. The van der Waals surface area contributed by atoms with Crippen LogP contribution in [0.4, 0.5) is 11.4 Å². The molecule has 0 saturated carbocycles. The van der Waals surface area contributed by atoms with Crippen molar-refractivity contribution in [3.05, 3.63) is 113 Å². The zero-order valence-electron chi connectivity index (χ0n) is 23.2. The molecule has 0 fully saturated rings. The van der Waals surface area contributed by atoms with Gasteiger partial charge in [0.1, 0.15) is 5.69 Å². The molecule has 41 heavy (non-hydrogen) atoms. The van der Waals surface area contributed by atoms with Crippen molar-refractivity contribution in [3.8, 4) is 34.0 Å². The maximum Gasteiger partial charge on any atom is 0.309 e. The number of hydrogen-bond donors (Lipinski definition) is 1. The van der Waals surface area contributed by atoms with Gasteiger partial charge in [0.05, 0.1) is 11.3 Å². The fourth-order valence-electron chi connectivity index (χ4n) is 4.51. The molecule has 0 saturated heterocycles. The largest absolute Gasteiger partial charge is 0.407 e. The number of ether oxygens (including phenoxy) is 1. The van der Waals surface area contributed by atoms with Crippen LogP contribution in [0.3, 0.4) is 0 Å². The molecule has 1 heterocycles. The lowest BCUT2D eigenvalue weighted by atomic mass is 10.0. The summed E-state index contributed by atoms with van der Waals surface area (Å²) in [6.45, 7) is 3.37. The Hall–Kier alpha value is -4.88. The molecule has 5 rings (SSSR count). The molecular formula is C33H29ClN4O3. The van der Waals surface area contributed by atoms with E-state index >= 15 is 0 Å². The monoisotopic (exact) mass is 564 g/mol. The predicted octanol–water partition coefficient (Wildman–Crippen LogP) is 7.41. The Morgan fingerprint density at radius 3 is 2.29 bits per heavy atom. The highest BCUT2D eigenvalue weighted by atomic mass is 35.5. The number of aromatic nitrogens is 2. The van der Waals surface area contributed by atoms with Gasteiger partial charge in [0, 0.05) is 48.5 Å². The number of halogens is 1. The van der Waals surface area contributed by atoms with Crippen LogP contribution in [0.15, 0.2) is 97.1 Å². The van der Waals surface area contributed by atoms with E-state index in [0.717, 1.165) is 28.1 Å². The molecule has 1 amide bonds. The number of nitrogens with one attached hydrogen (secondary N) is 1. The zero-order valence-corrected chi connectivity index (χ0v) is 23.9. The molecule has 0 spiro atoms. The summed E-state index contributed by atoms with van der Waals surface area (Å²) in [6, 6.07) is 30.0. The second kappa shape index (κ2) is 11.7. The Bertz CT molecular complexity index is 1740. The van der Waals surface area contributed by atoms with E-state index in [4.69, 9.17) is 21.4 Å². The molecular weight excluding hydrogens is 536 g/mol. The number of benzene rings is 4. The third kappa shape index (κ3) is 6.15. The Morgan fingerprint density at radius 1 is 0.878 bits per heavy atom. The van der Waals surface area contributed by atoms with Gasteiger partial charge in [0.15, 0.2) is 0 Å². The van der Waals surface area contributed by atoms with Gasteiger partial charge in [-0.25, -0.2) is 0 Å². The lowest BCUT2D eigenvalue weighted by Crippen LogP contribution is -2.11. The normalized spacial score (nSPS) is 10.8. The fraction of sp³-hybridized carbons (Fsp3) is 0.121. The summed E-state index contributed by atoms with van der Waals surface area (Å²) in [5.74, 6) is -0.419. The van der Waals surface area contributed by atoms with Crippen molar-refractivity contribution < 1.29 is 14.3 Å². The van der Waals surface area contributed by atoms with Crippen molar-refractivity contribution in [1.29, 1.82) is 0 Å². The standard InChI is InChI=1S/C33H29ClN4O3/c1-21-8-5-13-29(18-21)38-33(41-22(2)39)30(31(36-38)24-9-7-12-28(20-24)37(3)4)23-14-16-27(17-15-23)35-32(40)25-10-6-11-26(34)19-25/h5-20H,1-4H3,(H,35,40). The number of anilines is 2. The SMILES string of the molecule is CC(=O)Oc1c(-c2ccc(NC(=O)c3cccc(Cl)c3)cc2)c(-c2cccc(N(C)C)c2)nn1-c1cccc(C)c1. The van der Waals surface area contributed by atoms with Crippen molar-refractivity contribution in [1.82, 2.24) is 9.78 Å². The molecule has 1 aromatic heterocycles. The van der Waals surface area contributed by atoms with Gasteiger partial charge in [-0.2, -0.15) is 9.78 Å². The quantitative estimate of drug-likeness (QED) is 0.208. The van der Waals surface area contributed by atoms with Gasteiger partial charge in [-0.15, -0.1) is 0 Å². The average Bonchev–Trinajstić information content (AvgIpc) is 3.32. The van der Waals surface area contributed by atoms with Crippen LogP contribution in [-0.2, 0) is 4.79 Å². The minimum Gasteiger partial charge on any atom is -0.407 e. The maximum atomic E-state index is 12.8. The molecule has 206 valence electrons. The van der Waals surface area contributed by atoms with Crippen LogP contribution in [0, 0.1) is 6.92 Å². The molecule has 5 aromatic rings. The number of esters is 1. The lowest BCUT2D eigenvalue weighted by molar-refractivity contribution is -0.132. The minimum atomic E-state index is -0.459. The number of carbonyl (C=O) groups excluding carboxylic acids is 2. The van der Waals surface area contributed by atoms with E-state index in [2.05, 4.69) is 5.32 Å². The molecule has 4 aromatic carbocycles. The highest BCUT2D eigenvalue weighted by Gasteiger charge is 2.25. The van der Waals surface area contributed by atoms with E-state index in [1.807, 2.05) is 86.6 Å². The van der Waals surface area contributed by atoms with Gasteiger partial charge < -0.3 is 15.0 Å². The van der Waals surface area contributed by atoms with Gasteiger partial charge in [-0.1, -0.05) is 54.1 Å². The van der Waals surface area contributed by atoms with Crippen molar-refractivity contribution >= 4 is 34.9 Å². The van der Waals surface area contributed by atoms with Crippen LogP contribution >= 0.6 is 11.6 Å². The van der Waals surface area contributed by atoms with Gasteiger partial charge in [-0.05, 0) is 72.6 Å². The molecule has 0 aliphatic heterocycles. The van der Waals surface area contributed by atoms with Crippen LogP contribution in [0.25, 0.3) is 28.1 Å². The first-order chi connectivity index (χ1) is 19.7. The summed E-state index contributed by atoms with van der Waals surface area (Å²) in [5, 5.41) is 8.37. The Kier molecular flexibility index (Phi) is 7.90. The number of aryl methyl sites for hydroxylation is 1. The van der Waals surface area contributed by atoms with Crippen molar-refractivity contribution in [3.63, 3.8) is 0 Å². The van der Waals surface area contributed by atoms with E-state index < -0.39 is 5.97 Å². The molecule has 0 bridgehead atoms. The number of hydrogen-bond acceptors (Lipinski definition) is 5. The molecule has 0 unspecified atom stereocenters. The summed E-state index contributed by atoms with van der Waals surface area (Å²) in [6.07, 6.45) is 0. The van der Waals surface area contributed by atoms with Crippen LogP contribution in [-0.4, -0.2) is 35.8 Å². The first-order valence-corrected chi connectivity index (χ1v) is 13.4. The lowest BCUT2D eigenvalue weighted by Gasteiger charge is -2.14. The van der Waals surface area contributed by atoms with Gasteiger partial charge in [-0.3, -0.25) is 9.59 Å². The van der Waals surface area contributed by atoms with E-state index in [-0.39, 0.29) is 5.91 Å². The number of carbonyl (C=O) groups is 2. The number of amides is 1. The first kappa shape index (κ1) is 27.7. The number of nitrogens with zero attached hydrogens (tertiary/aromatic N) is 3. The number of rotatable bonds is 7. The van der Waals surface area contributed by atoms with Crippen LogP contribution in [0.2, 0.25) is 5.02 Å². The molecule has 8 heteroatoms. The van der Waals surface area contributed by atoms with Crippen molar-refractivity contribution in [2.75, 3.05) is 24.3 Å². The fourth-order valence-corrected chi connectivity index (χ4v) is 4.70. The summed E-state index contributed by atoms with van der Waals surface area (Å²) >= 11 is 6.05. The van der Waals surface area contributed by atoms with Crippen molar-refractivity contribution in [2.45, 2.75) is 13.8 Å². The van der Waals surface area contributed by atoms with Gasteiger partial charge >= 0.3 is 5.97 Å². The van der Waals surface area contributed by atoms with E-state index in [1.165, 1.54) is 6.92 Å². The zero-order chi connectivity index (χ0) is 29.1. The Balaban J connectivity index is 1.63. The Morgan fingerprint density at radius 2 is 1.61 bits per heavy atom. The topological polar surface area (TPSA) is 76.5 Å². The predicted molar refractivity (Wildman–Crippen MR) is 164 cm³/mol. The van der Waals surface area contributed by atoms with E-state index in [9.17, 15) is 9.59 Å². The Labute approximate surface area is 244 Å². The summed E-state index contributed by atoms with van der Waals surface area (Å²) in [5.41, 5.74) is 6.83. The summed E-state index contributed by atoms with van der Waals surface area (Å²) in [7, 11) is 3.96. The summed E-state index contributed by atoms with van der Waals surface area (Å²) in [4.78, 5) is 27.1. The molecule has 0 atom stereocenters. The third-order valence-electron chi connectivity index (χ3n) is 6.48. The summed E-state index contributed by atoms with van der Waals surface area (Å²) < 4.78 is 7.50. The first-order valence-electron chi connectivity index (χ1n) is 13.0. The second-order valence-corrected chi connectivity index (χ2v) is 10.3. The van der Waals surface area contributed by atoms with E-state index in [1.54, 1.807) is 41.1 Å². The van der Waals surface area contributed by atoms with Crippen molar-refractivity contribution in [2.24, 2.45) is 0 Å². The molecule has 1 N–H and O–H groups in total. The van der Waals surface area contributed by atoms with Gasteiger partial charge in [0.2, 0.25) is 5.88 Å². The molecule has 0 aliphatic carbocycles. The molecule has 0 aliphatic rings. The molecule has 0 radical (unpaired) electrons.